The molecule has 0 amide bonds. The van der Waals surface area contributed by atoms with Crippen LogP contribution in [0.1, 0.15) is 13.3 Å². The standard InChI is InChI=1S/C5H7F3O2/c1-4(10,2-3-9)5(6,7)8/h3,10H,2H2,1H3. The Balaban J connectivity index is 4.23. The smallest absolute Gasteiger partial charge is 0.380 e. The lowest BCUT2D eigenvalue weighted by Gasteiger charge is -2.23. The Hall–Kier alpha value is -0.580. The van der Waals surface area contributed by atoms with Gasteiger partial charge in [-0.15, -0.1) is 0 Å². The molecule has 60 valence electrons. The number of halogens is 3. The third kappa shape index (κ3) is 1.98. The largest absolute Gasteiger partial charge is 0.417 e. The monoisotopic (exact) mass is 156 g/mol. The molecule has 2 nitrogen and oxygen atoms in total. The minimum absolute atomic E-state index is 0.0352. The Kier molecular flexibility index (Phi) is 2.42. The van der Waals surface area contributed by atoms with E-state index in [1.165, 1.54) is 0 Å². The van der Waals surface area contributed by atoms with Crippen LogP contribution in [0.25, 0.3) is 0 Å². The molecule has 0 aliphatic rings. The van der Waals surface area contributed by atoms with Crippen LogP contribution in [0.3, 0.4) is 0 Å². The predicted molar refractivity (Wildman–Crippen MR) is 27.4 cm³/mol. The van der Waals surface area contributed by atoms with Gasteiger partial charge in [-0.2, -0.15) is 13.2 Å². The van der Waals surface area contributed by atoms with Gasteiger partial charge in [-0.3, -0.25) is 0 Å². The predicted octanol–water partition coefficient (Wildman–Crippen LogP) is 0.889. The van der Waals surface area contributed by atoms with Crippen LogP contribution in [-0.2, 0) is 4.79 Å². The van der Waals surface area contributed by atoms with Gasteiger partial charge in [0.05, 0.1) is 0 Å². The molecule has 1 N–H and O–H groups in total. The summed E-state index contributed by atoms with van der Waals surface area (Å²) in [6, 6.07) is 0. The quantitative estimate of drug-likeness (QED) is 0.603. The van der Waals surface area contributed by atoms with Crippen molar-refractivity contribution in [1.82, 2.24) is 0 Å². The minimum atomic E-state index is -4.73. The van der Waals surface area contributed by atoms with E-state index in [9.17, 15) is 18.0 Å². The Morgan fingerprint density at radius 3 is 2.00 bits per heavy atom. The highest BCUT2D eigenvalue weighted by molar-refractivity contribution is 5.51. The summed E-state index contributed by atoms with van der Waals surface area (Å²) in [5, 5.41) is 8.49. The van der Waals surface area contributed by atoms with E-state index in [1.54, 1.807) is 0 Å². The van der Waals surface area contributed by atoms with Crippen molar-refractivity contribution in [2.24, 2.45) is 0 Å². The molecule has 0 radical (unpaired) electrons. The van der Waals surface area contributed by atoms with Crippen molar-refractivity contribution in [3.8, 4) is 0 Å². The van der Waals surface area contributed by atoms with E-state index in [4.69, 9.17) is 5.11 Å². The summed E-state index contributed by atoms with van der Waals surface area (Å²) in [5.41, 5.74) is -2.88. The number of carbonyl (C=O) groups is 1. The highest BCUT2D eigenvalue weighted by Gasteiger charge is 2.49. The van der Waals surface area contributed by atoms with Crippen molar-refractivity contribution in [3.63, 3.8) is 0 Å². The molecule has 0 spiro atoms. The molecule has 0 heterocycles. The van der Waals surface area contributed by atoms with Gasteiger partial charge in [0.1, 0.15) is 6.29 Å². The number of alkyl halides is 3. The maximum absolute atomic E-state index is 11.6. The first kappa shape index (κ1) is 9.42. The average molecular weight is 156 g/mol. The number of carbonyl (C=O) groups excluding carboxylic acids is 1. The summed E-state index contributed by atoms with van der Waals surface area (Å²) in [4.78, 5) is 9.61. The Morgan fingerprint density at radius 1 is 1.50 bits per heavy atom. The molecule has 0 aromatic carbocycles. The first-order valence-corrected chi connectivity index (χ1v) is 2.54. The SMILES string of the molecule is CC(O)(CC=O)C(F)(F)F. The number of rotatable bonds is 2. The summed E-state index contributed by atoms with van der Waals surface area (Å²) in [5.74, 6) is 0. The number of aliphatic hydroxyl groups is 1. The van der Waals surface area contributed by atoms with Crippen LogP contribution in [0.4, 0.5) is 13.2 Å². The molecule has 0 aromatic heterocycles. The molecular weight excluding hydrogens is 149 g/mol. The van der Waals surface area contributed by atoms with Gasteiger partial charge in [-0.05, 0) is 6.92 Å². The van der Waals surface area contributed by atoms with Gasteiger partial charge in [0.15, 0.2) is 5.60 Å². The van der Waals surface area contributed by atoms with Gasteiger partial charge in [-0.25, -0.2) is 0 Å². The summed E-state index contributed by atoms with van der Waals surface area (Å²) in [6.45, 7) is 0.557. The lowest BCUT2D eigenvalue weighted by atomic mass is 10.0. The second-order valence-corrected chi connectivity index (χ2v) is 2.14. The van der Waals surface area contributed by atoms with E-state index in [0.717, 1.165) is 0 Å². The van der Waals surface area contributed by atoms with Crippen molar-refractivity contribution in [1.29, 1.82) is 0 Å². The molecule has 5 heteroatoms. The highest BCUT2D eigenvalue weighted by Crippen LogP contribution is 2.31. The van der Waals surface area contributed by atoms with Gasteiger partial charge < -0.3 is 9.90 Å². The van der Waals surface area contributed by atoms with E-state index in [-0.39, 0.29) is 6.29 Å². The fourth-order valence-corrected chi connectivity index (χ4v) is 0.278. The summed E-state index contributed by atoms with van der Waals surface area (Å²) in [6.07, 6.45) is -5.61. The molecule has 0 saturated heterocycles. The Morgan fingerprint density at radius 2 is 1.90 bits per heavy atom. The lowest BCUT2D eigenvalue weighted by molar-refractivity contribution is -0.252. The molecule has 0 fully saturated rings. The summed E-state index contributed by atoms with van der Waals surface area (Å²) in [7, 11) is 0. The topological polar surface area (TPSA) is 37.3 Å². The summed E-state index contributed by atoms with van der Waals surface area (Å²) < 4.78 is 34.8. The van der Waals surface area contributed by atoms with Crippen molar-refractivity contribution in [2.45, 2.75) is 25.1 Å². The van der Waals surface area contributed by atoms with Gasteiger partial charge >= 0.3 is 6.18 Å². The zero-order valence-corrected chi connectivity index (χ0v) is 5.27. The number of hydrogen-bond donors (Lipinski definition) is 1. The molecule has 10 heavy (non-hydrogen) atoms. The van der Waals surface area contributed by atoms with E-state index < -0.39 is 18.2 Å². The van der Waals surface area contributed by atoms with Crippen LogP contribution < -0.4 is 0 Å². The third-order valence-corrected chi connectivity index (χ3v) is 1.09. The van der Waals surface area contributed by atoms with Crippen LogP contribution >= 0.6 is 0 Å². The fraction of sp³-hybridized carbons (Fsp3) is 0.800. The summed E-state index contributed by atoms with van der Waals surface area (Å²) >= 11 is 0. The normalized spacial score (nSPS) is 18.1. The fourth-order valence-electron chi connectivity index (χ4n) is 0.278. The first-order valence-electron chi connectivity index (χ1n) is 2.54. The lowest BCUT2D eigenvalue weighted by Crippen LogP contribution is -2.42. The zero-order valence-electron chi connectivity index (χ0n) is 5.27. The van der Waals surface area contributed by atoms with Crippen molar-refractivity contribution in [3.05, 3.63) is 0 Å². The van der Waals surface area contributed by atoms with Crippen LogP contribution in [-0.4, -0.2) is 23.2 Å². The maximum Gasteiger partial charge on any atom is 0.417 e. The van der Waals surface area contributed by atoms with E-state index in [1.807, 2.05) is 0 Å². The first-order chi connectivity index (χ1) is 4.31. The van der Waals surface area contributed by atoms with Crippen molar-refractivity contribution < 1.29 is 23.1 Å². The van der Waals surface area contributed by atoms with Crippen LogP contribution in [0.2, 0.25) is 0 Å². The average Bonchev–Trinajstić information content (AvgIpc) is 1.61. The van der Waals surface area contributed by atoms with E-state index in [2.05, 4.69) is 0 Å². The van der Waals surface area contributed by atoms with Crippen molar-refractivity contribution in [2.75, 3.05) is 0 Å². The van der Waals surface area contributed by atoms with Gasteiger partial charge in [-0.1, -0.05) is 0 Å². The third-order valence-electron chi connectivity index (χ3n) is 1.09. The molecule has 0 aliphatic carbocycles. The maximum atomic E-state index is 11.6. The molecule has 1 atom stereocenters. The number of hydrogen-bond acceptors (Lipinski definition) is 2. The number of aldehydes is 1. The van der Waals surface area contributed by atoms with E-state index in [0.29, 0.717) is 6.92 Å². The molecule has 0 aromatic rings. The minimum Gasteiger partial charge on any atom is -0.380 e. The van der Waals surface area contributed by atoms with Crippen LogP contribution in [0.5, 0.6) is 0 Å². The molecule has 0 bridgehead atoms. The van der Waals surface area contributed by atoms with Crippen LogP contribution in [0, 0.1) is 0 Å². The Bertz CT molecular complexity index is 127. The highest BCUT2D eigenvalue weighted by atomic mass is 19.4. The second-order valence-electron chi connectivity index (χ2n) is 2.14. The Labute approximate surface area is 55.7 Å². The molecule has 0 saturated carbocycles. The van der Waals surface area contributed by atoms with Crippen molar-refractivity contribution >= 4 is 6.29 Å². The van der Waals surface area contributed by atoms with Crippen LogP contribution in [0.15, 0.2) is 0 Å². The van der Waals surface area contributed by atoms with Gasteiger partial charge in [0.2, 0.25) is 0 Å². The van der Waals surface area contributed by atoms with E-state index >= 15 is 0 Å². The molecule has 1 unspecified atom stereocenters. The molecule has 0 aliphatic heterocycles. The van der Waals surface area contributed by atoms with Gasteiger partial charge in [0.25, 0.3) is 0 Å². The van der Waals surface area contributed by atoms with Gasteiger partial charge in [0, 0.05) is 6.42 Å². The second kappa shape index (κ2) is 2.57. The molecule has 0 rings (SSSR count). The molecular formula is C5H7F3O2. The zero-order chi connectivity index (χ0) is 8.41.